The van der Waals surface area contributed by atoms with Gasteiger partial charge in [-0.2, -0.15) is 0 Å². The summed E-state index contributed by atoms with van der Waals surface area (Å²) in [5.74, 6) is 0.478. The summed E-state index contributed by atoms with van der Waals surface area (Å²) in [5.41, 5.74) is 5.79. The molecule has 2 aromatic carbocycles. The van der Waals surface area contributed by atoms with E-state index in [0.717, 1.165) is 45.7 Å². The molecule has 130 valence electrons. The maximum atomic E-state index is 6.65. The Morgan fingerprint density at radius 2 is 1.56 bits per heavy atom. The number of morpholine rings is 1. The molecule has 3 aliphatic rings. The van der Waals surface area contributed by atoms with Crippen LogP contribution in [0.1, 0.15) is 40.7 Å². The van der Waals surface area contributed by atoms with Gasteiger partial charge in [-0.25, -0.2) is 0 Å². The number of hydrogen-bond acceptors (Lipinski definition) is 3. The van der Waals surface area contributed by atoms with Gasteiger partial charge in [0.05, 0.1) is 25.4 Å². The zero-order valence-electron chi connectivity index (χ0n) is 14.6. The molecule has 0 bridgehead atoms. The molecule has 1 unspecified atom stereocenters. The molecule has 2 saturated heterocycles. The topological polar surface area (TPSA) is 21.7 Å². The quantitative estimate of drug-likeness (QED) is 0.838. The van der Waals surface area contributed by atoms with Crippen LogP contribution in [-0.2, 0) is 15.9 Å². The number of benzene rings is 2. The predicted molar refractivity (Wildman–Crippen MR) is 97.9 cm³/mol. The lowest BCUT2D eigenvalue weighted by Crippen LogP contribution is -2.40. The molecule has 0 radical (unpaired) electrons. The minimum Gasteiger partial charge on any atom is -0.379 e. The molecule has 2 heterocycles. The molecule has 0 amide bonds. The van der Waals surface area contributed by atoms with Crippen molar-refractivity contribution in [3.63, 3.8) is 0 Å². The molecule has 2 aromatic rings. The van der Waals surface area contributed by atoms with Crippen molar-refractivity contribution < 1.29 is 9.47 Å². The molecule has 0 saturated carbocycles. The molecule has 25 heavy (non-hydrogen) atoms. The molecule has 0 N–H and O–H groups in total. The second kappa shape index (κ2) is 6.56. The van der Waals surface area contributed by atoms with Gasteiger partial charge in [0.1, 0.15) is 0 Å². The minimum atomic E-state index is 0.200. The van der Waals surface area contributed by atoms with Gasteiger partial charge in [0.25, 0.3) is 0 Å². The summed E-state index contributed by atoms with van der Waals surface area (Å²) in [7, 11) is 0. The SMILES string of the molecule is c1ccc2c(c1)Cc1ccccc1[C@H]1OC(CN3CCOCC3)C[C@H]21. The minimum absolute atomic E-state index is 0.200. The number of hydrogen-bond donors (Lipinski definition) is 0. The molecule has 2 fully saturated rings. The van der Waals surface area contributed by atoms with E-state index in [9.17, 15) is 0 Å². The van der Waals surface area contributed by atoms with Gasteiger partial charge >= 0.3 is 0 Å². The highest BCUT2D eigenvalue weighted by molar-refractivity contribution is 5.45. The largest absolute Gasteiger partial charge is 0.379 e. The van der Waals surface area contributed by atoms with Crippen LogP contribution in [0.5, 0.6) is 0 Å². The maximum absolute atomic E-state index is 6.65. The van der Waals surface area contributed by atoms with Gasteiger partial charge in [-0.15, -0.1) is 0 Å². The van der Waals surface area contributed by atoms with E-state index in [1.54, 1.807) is 0 Å². The first kappa shape index (κ1) is 15.6. The van der Waals surface area contributed by atoms with E-state index in [1.165, 1.54) is 22.3 Å². The third-order valence-corrected chi connectivity index (χ3v) is 5.98. The summed E-state index contributed by atoms with van der Waals surface area (Å²) in [6.07, 6.45) is 2.66. The van der Waals surface area contributed by atoms with E-state index in [0.29, 0.717) is 12.0 Å². The highest BCUT2D eigenvalue weighted by atomic mass is 16.5. The van der Waals surface area contributed by atoms with Crippen molar-refractivity contribution in [1.82, 2.24) is 4.90 Å². The van der Waals surface area contributed by atoms with Crippen molar-refractivity contribution in [1.29, 1.82) is 0 Å². The number of ether oxygens (including phenoxy) is 2. The van der Waals surface area contributed by atoms with Crippen LogP contribution in [0.15, 0.2) is 48.5 Å². The fraction of sp³-hybridized carbons (Fsp3) is 0.455. The van der Waals surface area contributed by atoms with Gasteiger partial charge in [-0.3, -0.25) is 4.90 Å². The molecule has 1 aliphatic carbocycles. The van der Waals surface area contributed by atoms with Gasteiger partial charge in [-0.1, -0.05) is 48.5 Å². The Labute approximate surface area is 149 Å². The van der Waals surface area contributed by atoms with Crippen molar-refractivity contribution in [2.75, 3.05) is 32.8 Å². The highest BCUT2D eigenvalue weighted by Gasteiger charge is 2.41. The average molecular weight is 335 g/mol. The Hall–Kier alpha value is -1.68. The van der Waals surface area contributed by atoms with Crippen LogP contribution in [0.4, 0.5) is 0 Å². The lowest BCUT2D eigenvalue weighted by Gasteiger charge is -2.29. The van der Waals surface area contributed by atoms with E-state index in [2.05, 4.69) is 53.4 Å². The molecule has 0 spiro atoms. The van der Waals surface area contributed by atoms with E-state index in [4.69, 9.17) is 9.47 Å². The fourth-order valence-corrected chi connectivity index (χ4v) is 4.77. The maximum Gasteiger partial charge on any atom is 0.0901 e. The van der Waals surface area contributed by atoms with Crippen LogP contribution >= 0.6 is 0 Å². The first-order chi connectivity index (χ1) is 12.4. The first-order valence-electron chi connectivity index (χ1n) is 9.49. The van der Waals surface area contributed by atoms with Crippen LogP contribution in [0.2, 0.25) is 0 Å². The van der Waals surface area contributed by atoms with Crippen molar-refractivity contribution in [3.05, 3.63) is 70.8 Å². The molecule has 3 heteroatoms. The van der Waals surface area contributed by atoms with E-state index >= 15 is 0 Å². The average Bonchev–Trinajstić information content (AvgIpc) is 3.01. The van der Waals surface area contributed by atoms with Crippen LogP contribution in [0.25, 0.3) is 0 Å². The third-order valence-electron chi connectivity index (χ3n) is 5.98. The first-order valence-corrected chi connectivity index (χ1v) is 9.49. The van der Waals surface area contributed by atoms with Gasteiger partial charge in [0.2, 0.25) is 0 Å². The van der Waals surface area contributed by atoms with Crippen molar-refractivity contribution in [2.45, 2.75) is 31.0 Å². The summed E-state index contributed by atoms with van der Waals surface area (Å²) in [6.45, 7) is 4.79. The van der Waals surface area contributed by atoms with E-state index in [-0.39, 0.29) is 6.10 Å². The smallest absolute Gasteiger partial charge is 0.0901 e. The van der Waals surface area contributed by atoms with Crippen LogP contribution < -0.4 is 0 Å². The van der Waals surface area contributed by atoms with Gasteiger partial charge in [-0.05, 0) is 35.1 Å². The normalized spacial score (nSPS) is 28.7. The van der Waals surface area contributed by atoms with Crippen molar-refractivity contribution in [2.24, 2.45) is 0 Å². The fourth-order valence-electron chi connectivity index (χ4n) is 4.77. The predicted octanol–water partition coefficient (Wildman–Crippen LogP) is 3.54. The lowest BCUT2D eigenvalue weighted by atomic mass is 9.87. The second-order valence-electron chi connectivity index (χ2n) is 7.51. The molecule has 5 rings (SSSR count). The second-order valence-corrected chi connectivity index (χ2v) is 7.51. The van der Waals surface area contributed by atoms with Crippen molar-refractivity contribution >= 4 is 0 Å². The molecule has 2 aliphatic heterocycles. The highest BCUT2D eigenvalue weighted by Crippen LogP contribution is 2.49. The van der Waals surface area contributed by atoms with Gasteiger partial charge in [0.15, 0.2) is 0 Å². The monoisotopic (exact) mass is 335 g/mol. The molecular weight excluding hydrogens is 310 g/mol. The van der Waals surface area contributed by atoms with Crippen LogP contribution in [0.3, 0.4) is 0 Å². The standard InChI is InChI=1S/C22H25NO2/c1-3-7-19-16(5-1)13-17-6-2-4-8-20(17)22-21(19)14-18(25-22)15-23-9-11-24-12-10-23/h1-8,18,21-22H,9-15H2/t18?,21-,22-/m1/s1. The summed E-state index contributed by atoms with van der Waals surface area (Å²) in [5, 5.41) is 0. The summed E-state index contributed by atoms with van der Waals surface area (Å²) in [4.78, 5) is 2.50. The lowest BCUT2D eigenvalue weighted by molar-refractivity contribution is -0.0129. The summed E-state index contributed by atoms with van der Waals surface area (Å²) in [6, 6.07) is 17.8. The Bertz CT molecular complexity index is 700. The van der Waals surface area contributed by atoms with Crippen molar-refractivity contribution in [3.8, 4) is 0 Å². The van der Waals surface area contributed by atoms with E-state index < -0.39 is 0 Å². The zero-order chi connectivity index (χ0) is 16.6. The Kier molecular flexibility index (Phi) is 4.09. The molecular formula is C22H25NO2. The third kappa shape index (κ3) is 2.91. The Balaban J connectivity index is 1.47. The molecule has 0 aromatic heterocycles. The molecule has 3 nitrogen and oxygen atoms in total. The summed E-state index contributed by atoms with van der Waals surface area (Å²) >= 11 is 0. The van der Waals surface area contributed by atoms with Gasteiger partial charge in [0, 0.05) is 25.6 Å². The molecule has 3 atom stereocenters. The van der Waals surface area contributed by atoms with Crippen LogP contribution in [0, 0.1) is 0 Å². The zero-order valence-corrected chi connectivity index (χ0v) is 14.6. The number of rotatable bonds is 2. The van der Waals surface area contributed by atoms with Gasteiger partial charge < -0.3 is 9.47 Å². The number of fused-ring (bicyclic) bond motifs is 5. The van der Waals surface area contributed by atoms with E-state index in [1.807, 2.05) is 0 Å². The van der Waals surface area contributed by atoms with Crippen LogP contribution in [-0.4, -0.2) is 43.9 Å². The summed E-state index contributed by atoms with van der Waals surface area (Å²) < 4.78 is 12.1. The number of nitrogens with zero attached hydrogens (tertiary/aromatic N) is 1. The Morgan fingerprint density at radius 1 is 0.880 bits per heavy atom. The Morgan fingerprint density at radius 3 is 2.36 bits per heavy atom.